The van der Waals surface area contributed by atoms with E-state index >= 15 is 0 Å². The van der Waals surface area contributed by atoms with Gasteiger partial charge in [0.15, 0.2) is 4.67 Å². The van der Waals surface area contributed by atoms with Crippen LogP contribution in [0.1, 0.15) is 24.3 Å². The average Bonchev–Trinajstić information content (AvgIpc) is 2.89. The van der Waals surface area contributed by atoms with Gasteiger partial charge in [-0.15, -0.1) is 0 Å². The SMILES string of the molecule is CC(c1ccc(Cl)cc1)N(C)C(=O)/C=C/c1ccc(Br)o1. The minimum atomic E-state index is -0.0926. The monoisotopic (exact) mass is 367 g/mol. The molecule has 1 heterocycles. The molecule has 5 heteroatoms. The van der Waals surface area contributed by atoms with Crippen molar-refractivity contribution in [3.8, 4) is 0 Å². The van der Waals surface area contributed by atoms with Gasteiger partial charge < -0.3 is 9.32 Å². The molecular weight excluding hydrogens is 354 g/mol. The van der Waals surface area contributed by atoms with E-state index in [1.807, 2.05) is 31.2 Å². The number of furan rings is 1. The topological polar surface area (TPSA) is 33.5 Å². The summed E-state index contributed by atoms with van der Waals surface area (Å²) in [5, 5.41) is 0.684. The van der Waals surface area contributed by atoms with Gasteiger partial charge in [0, 0.05) is 18.1 Å². The van der Waals surface area contributed by atoms with Gasteiger partial charge in [0.2, 0.25) is 5.91 Å². The van der Waals surface area contributed by atoms with Gasteiger partial charge in [-0.1, -0.05) is 23.7 Å². The first kappa shape index (κ1) is 15.9. The number of amides is 1. The molecule has 1 unspecified atom stereocenters. The molecule has 0 fully saturated rings. The molecule has 0 spiro atoms. The molecule has 0 radical (unpaired) electrons. The number of hydrogen-bond acceptors (Lipinski definition) is 2. The van der Waals surface area contributed by atoms with E-state index in [0.717, 1.165) is 5.56 Å². The largest absolute Gasteiger partial charge is 0.450 e. The van der Waals surface area contributed by atoms with Crippen LogP contribution >= 0.6 is 27.5 Å². The first-order chi connectivity index (χ1) is 9.97. The van der Waals surface area contributed by atoms with Crippen LogP contribution in [0.15, 0.2) is 51.6 Å². The number of hydrogen-bond donors (Lipinski definition) is 0. The van der Waals surface area contributed by atoms with Crippen LogP contribution in [0.3, 0.4) is 0 Å². The van der Waals surface area contributed by atoms with Crippen molar-refractivity contribution < 1.29 is 9.21 Å². The predicted molar refractivity (Wildman–Crippen MR) is 88.1 cm³/mol. The summed E-state index contributed by atoms with van der Waals surface area (Å²) in [6.45, 7) is 1.97. The second-order valence-electron chi connectivity index (χ2n) is 4.65. The highest BCUT2D eigenvalue weighted by atomic mass is 79.9. The Balaban J connectivity index is 2.04. The molecule has 0 bridgehead atoms. The molecule has 0 saturated carbocycles. The first-order valence-corrected chi connectivity index (χ1v) is 7.60. The zero-order chi connectivity index (χ0) is 15.4. The number of likely N-dealkylation sites (N-methyl/N-ethyl adjacent to an activating group) is 1. The van der Waals surface area contributed by atoms with Crippen molar-refractivity contribution in [3.63, 3.8) is 0 Å². The predicted octanol–water partition coefficient (Wildman–Crippen LogP) is 4.93. The number of halogens is 2. The molecule has 0 aliphatic heterocycles. The van der Waals surface area contributed by atoms with Gasteiger partial charge in [-0.2, -0.15) is 0 Å². The Bertz CT molecular complexity index is 649. The lowest BCUT2D eigenvalue weighted by Crippen LogP contribution is -2.27. The maximum absolute atomic E-state index is 12.2. The number of carbonyl (C=O) groups excluding carboxylic acids is 1. The summed E-state index contributed by atoms with van der Waals surface area (Å²) in [5.74, 6) is 0.535. The average molecular weight is 369 g/mol. The van der Waals surface area contributed by atoms with Crippen molar-refractivity contribution in [1.29, 1.82) is 0 Å². The maximum atomic E-state index is 12.2. The fourth-order valence-electron chi connectivity index (χ4n) is 1.84. The van der Waals surface area contributed by atoms with Crippen LogP contribution in [0.25, 0.3) is 6.08 Å². The van der Waals surface area contributed by atoms with Crippen LogP contribution in [0.2, 0.25) is 5.02 Å². The molecule has 1 atom stereocenters. The molecule has 0 N–H and O–H groups in total. The van der Waals surface area contributed by atoms with E-state index in [-0.39, 0.29) is 11.9 Å². The van der Waals surface area contributed by atoms with Gasteiger partial charge in [0.05, 0.1) is 6.04 Å². The molecule has 3 nitrogen and oxygen atoms in total. The minimum Gasteiger partial charge on any atom is -0.450 e. The highest BCUT2D eigenvalue weighted by Gasteiger charge is 2.15. The fourth-order valence-corrected chi connectivity index (χ4v) is 2.29. The van der Waals surface area contributed by atoms with E-state index in [1.165, 1.54) is 6.08 Å². The lowest BCUT2D eigenvalue weighted by Gasteiger charge is -2.24. The fraction of sp³-hybridized carbons (Fsp3) is 0.188. The highest BCUT2D eigenvalue weighted by Crippen LogP contribution is 2.21. The molecule has 0 aliphatic rings. The summed E-state index contributed by atoms with van der Waals surface area (Å²) < 4.78 is 5.95. The van der Waals surface area contributed by atoms with Crippen LogP contribution < -0.4 is 0 Å². The van der Waals surface area contributed by atoms with Gasteiger partial charge in [-0.3, -0.25) is 4.79 Å². The van der Waals surface area contributed by atoms with Gasteiger partial charge in [-0.05, 0) is 58.8 Å². The van der Waals surface area contributed by atoms with E-state index in [9.17, 15) is 4.79 Å². The molecule has 0 saturated heterocycles. The van der Waals surface area contributed by atoms with E-state index in [4.69, 9.17) is 16.0 Å². The zero-order valence-corrected chi connectivity index (χ0v) is 14.1. The molecule has 1 aromatic heterocycles. The van der Waals surface area contributed by atoms with Crippen molar-refractivity contribution in [2.45, 2.75) is 13.0 Å². The Morgan fingerprint density at radius 2 is 1.95 bits per heavy atom. The van der Waals surface area contributed by atoms with Crippen molar-refractivity contribution in [3.05, 3.63) is 63.5 Å². The van der Waals surface area contributed by atoms with Crippen molar-refractivity contribution in [1.82, 2.24) is 4.90 Å². The Morgan fingerprint density at radius 1 is 1.29 bits per heavy atom. The molecule has 0 aliphatic carbocycles. The van der Waals surface area contributed by atoms with Gasteiger partial charge >= 0.3 is 0 Å². The van der Waals surface area contributed by atoms with Crippen LogP contribution in [0.5, 0.6) is 0 Å². The number of carbonyl (C=O) groups is 1. The minimum absolute atomic E-state index is 0.0391. The van der Waals surface area contributed by atoms with E-state index < -0.39 is 0 Å². The summed E-state index contributed by atoms with van der Waals surface area (Å²) in [6, 6.07) is 11.0. The van der Waals surface area contributed by atoms with Crippen molar-refractivity contribution in [2.75, 3.05) is 7.05 Å². The number of benzene rings is 1. The van der Waals surface area contributed by atoms with Crippen molar-refractivity contribution >= 4 is 39.5 Å². The molecular formula is C16H15BrClNO2. The summed E-state index contributed by atoms with van der Waals surface area (Å²) in [5.41, 5.74) is 1.03. The Morgan fingerprint density at radius 3 is 2.52 bits per heavy atom. The summed E-state index contributed by atoms with van der Waals surface area (Å²) in [4.78, 5) is 13.8. The second kappa shape index (κ2) is 6.96. The van der Waals surface area contributed by atoms with Crippen LogP contribution in [-0.2, 0) is 4.79 Å². The molecule has 110 valence electrons. The molecule has 1 amide bonds. The first-order valence-electron chi connectivity index (χ1n) is 6.43. The Labute approximate surface area is 137 Å². The quantitative estimate of drug-likeness (QED) is 0.717. The van der Waals surface area contributed by atoms with E-state index in [1.54, 1.807) is 30.2 Å². The third-order valence-corrected chi connectivity index (χ3v) is 3.94. The van der Waals surface area contributed by atoms with Crippen molar-refractivity contribution in [2.24, 2.45) is 0 Å². The third-order valence-electron chi connectivity index (χ3n) is 3.27. The molecule has 1 aromatic carbocycles. The summed E-state index contributed by atoms with van der Waals surface area (Å²) >= 11 is 9.09. The Kier molecular flexibility index (Phi) is 5.26. The molecule has 21 heavy (non-hydrogen) atoms. The maximum Gasteiger partial charge on any atom is 0.246 e. The van der Waals surface area contributed by atoms with Gasteiger partial charge in [-0.25, -0.2) is 0 Å². The summed E-state index contributed by atoms with van der Waals surface area (Å²) in [7, 11) is 1.77. The van der Waals surface area contributed by atoms with Crippen LogP contribution in [0.4, 0.5) is 0 Å². The smallest absolute Gasteiger partial charge is 0.246 e. The molecule has 2 aromatic rings. The number of nitrogens with zero attached hydrogens (tertiary/aromatic N) is 1. The third kappa shape index (κ3) is 4.22. The van der Waals surface area contributed by atoms with Crippen LogP contribution in [0, 0.1) is 0 Å². The highest BCUT2D eigenvalue weighted by molar-refractivity contribution is 9.10. The van der Waals surface area contributed by atoms with Crippen LogP contribution in [-0.4, -0.2) is 17.9 Å². The zero-order valence-electron chi connectivity index (χ0n) is 11.7. The Hall–Kier alpha value is -1.52. The van der Waals surface area contributed by atoms with E-state index in [2.05, 4.69) is 15.9 Å². The second-order valence-corrected chi connectivity index (χ2v) is 5.87. The normalized spacial score (nSPS) is 12.6. The summed E-state index contributed by atoms with van der Waals surface area (Å²) in [6.07, 6.45) is 3.15. The lowest BCUT2D eigenvalue weighted by atomic mass is 10.1. The molecule has 2 rings (SSSR count). The van der Waals surface area contributed by atoms with Gasteiger partial charge in [0.25, 0.3) is 0 Å². The van der Waals surface area contributed by atoms with Gasteiger partial charge in [0.1, 0.15) is 5.76 Å². The lowest BCUT2D eigenvalue weighted by molar-refractivity contribution is -0.126. The standard InChI is InChI=1S/C16H15BrClNO2/c1-11(12-3-5-13(18)6-4-12)19(2)16(20)10-8-14-7-9-15(17)21-14/h3-11H,1-2H3/b10-8+. The number of rotatable bonds is 4. The van der Waals surface area contributed by atoms with E-state index in [0.29, 0.717) is 15.5 Å².